The predicted molar refractivity (Wildman–Crippen MR) is 70.1 cm³/mol. The van der Waals surface area contributed by atoms with Gasteiger partial charge in [0.25, 0.3) is 0 Å². The lowest BCUT2D eigenvalue weighted by Crippen LogP contribution is -2.11. The Hall–Kier alpha value is -1.32. The molecule has 0 aliphatic carbocycles. The van der Waals surface area contributed by atoms with Crippen LogP contribution in [0, 0.1) is 0 Å². The molecule has 0 aliphatic heterocycles. The summed E-state index contributed by atoms with van der Waals surface area (Å²) >= 11 is 5.96. The molecule has 0 saturated heterocycles. The Morgan fingerprint density at radius 2 is 2.24 bits per heavy atom. The minimum atomic E-state index is 0.000566. The second-order valence-electron chi connectivity index (χ2n) is 4.25. The van der Waals surface area contributed by atoms with Crippen LogP contribution in [0.4, 0.5) is 0 Å². The maximum atomic E-state index is 5.96. The Bertz CT molecular complexity index is 517. The maximum absolute atomic E-state index is 5.96. The number of halogens is 1. The summed E-state index contributed by atoms with van der Waals surface area (Å²) in [6.45, 7) is 1.96. The average Bonchev–Trinajstić information content (AvgIpc) is 2.61. The molecule has 0 fully saturated rings. The highest BCUT2D eigenvalue weighted by molar-refractivity contribution is 6.30. The van der Waals surface area contributed by atoms with Crippen molar-refractivity contribution in [2.24, 2.45) is 12.8 Å². The monoisotopic (exact) mass is 249 g/mol. The molecule has 0 radical (unpaired) electrons. The third-order valence-corrected chi connectivity index (χ3v) is 3.07. The van der Waals surface area contributed by atoms with Crippen LogP contribution in [0.15, 0.2) is 30.5 Å². The molecule has 4 heteroatoms. The van der Waals surface area contributed by atoms with Crippen molar-refractivity contribution in [3.05, 3.63) is 52.6 Å². The van der Waals surface area contributed by atoms with Crippen molar-refractivity contribution in [1.29, 1.82) is 0 Å². The average molecular weight is 250 g/mol. The van der Waals surface area contributed by atoms with E-state index in [0.717, 1.165) is 28.5 Å². The first-order chi connectivity index (χ1) is 8.08. The molecule has 0 spiro atoms. The summed E-state index contributed by atoms with van der Waals surface area (Å²) < 4.78 is 2.05. The van der Waals surface area contributed by atoms with E-state index in [1.165, 1.54) is 0 Å². The van der Waals surface area contributed by atoms with Gasteiger partial charge in [-0.3, -0.25) is 0 Å². The lowest BCUT2D eigenvalue weighted by Gasteiger charge is -2.08. The van der Waals surface area contributed by atoms with Crippen LogP contribution in [0.2, 0.25) is 5.02 Å². The van der Waals surface area contributed by atoms with Crippen molar-refractivity contribution in [2.75, 3.05) is 0 Å². The van der Waals surface area contributed by atoms with E-state index in [-0.39, 0.29) is 6.04 Å². The fraction of sp³-hybridized carbons (Fsp3) is 0.308. The van der Waals surface area contributed by atoms with Crippen LogP contribution in [0.5, 0.6) is 0 Å². The summed E-state index contributed by atoms with van der Waals surface area (Å²) in [6.07, 6.45) is 2.61. The van der Waals surface area contributed by atoms with Crippen molar-refractivity contribution in [1.82, 2.24) is 9.55 Å². The van der Waals surface area contributed by atoms with Crippen molar-refractivity contribution >= 4 is 11.6 Å². The van der Waals surface area contributed by atoms with Gasteiger partial charge >= 0.3 is 0 Å². The van der Waals surface area contributed by atoms with E-state index in [0.29, 0.717) is 0 Å². The first kappa shape index (κ1) is 12.1. The first-order valence-corrected chi connectivity index (χ1v) is 5.96. The third kappa shape index (κ3) is 2.68. The Morgan fingerprint density at radius 1 is 1.47 bits per heavy atom. The van der Waals surface area contributed by atoms with E-state index >= 15 is 0 Å². The van der Waals surface area contributed by atoms with Gasteiger partial charge in [-0.05, 0) is 24.6 Å². The van der Waals surface area contributed by atoms with Gasteiger partial charge in [-0.1, -0.05) is 23.7 Å². The third-order valence-electron chi connectivity index (χ3n) is 2.84. The van der Waals surface area contributed by atoms with Crippen molar-refractivity contribution in [3.63, 3.8) is 0 Å². The minimum Gasteiger partial charge on any atom is -0.333 e. The molecule has 90 valence electrons. The second-order valence-corrected chi connectivity index (χ2v) is 4.69. The molecule has 1 aromatic heterocycles. The molecule has 1 heterocycles. The predicted octanol–water partition coefficient (Wildman–Crippen LogP) is 2.68. The first-order valence-electron chi connectivity index (χ1n) is 5.58. The standard InChI is InChI=1S/C13H16ClN3/c1-9(15)12-8-16-13(17(12)2)7-10-4-3-5-11(14)6-10/h3-6,8-9H,7,15H2,1-2H3. The van der Waals surface area contributed by atoms with E-state index in [9.17, 15) is 0 Å². The van der Waals surface area contributed by atoms with Gasteiger partial charge in [0.2, 0.25) is 0 Å². The van der Waals surface area contributed by atoms with E-state index in [1.54, 1.807) is 0 Å². The second kappa shape index (κ2) is 4.90. The van der Waals surface area contributed by atoms with Crippen LogP contribution < -0.4 is 5.73 Å². The minimum absolute atomic E-state index is 0.000566. The molecule has 0 bridgehead atoms. The lowest BCUT2D eigenvalue weighted by atomic mass is 10.1. The van der Waals surface area contributed by atoms with E-state index < -0.39 is 0 Å². The van der Waals surface area contributed by atoms with Gasteiger partial charge in [0.05, 0.1) is 11.9 Å². The zero-order chi connectivity index (χ0) is 12.4. The van der Waals surface area contributed by atoms with Crippen molar-refractivity contribution < 1.29 is 0 Å². The molecule has 2 aromatic rings. The number of nitrogens with two attached hydrogens (primary N) is 1. The number of imidazole rings is 1. The van der Waals surface area contributed by atoms with E-state index in [1.807, 2.05) is 49.0 Å². The van der Waals surface area contributed by atoms with Gasteiger partial charge in [-0.2, -0.15) is 0 Å². The van der Waals surface area contributed by atoms with Gasteiger partial charge < -0.3 is 10.3 Å². The van der Waals surface area contributed by atoms with E-state index in [4.69, 9.17) is 17.3 Å². The Labute approximate surface area is 106 Å². The zero-order valence-corrected chi connectivity index (χ0v) is 10.8. The highest BCUT2D eigenvalue weighted by Gasteiger charge is 2.10. The van der Waals surface area contributed by atoms with Crippen LogP contribution in [-0.2, 0) is 13.5 Å². The SMILES string of the molecule is CC(N)c1cnc(Cc2cccc(Cl)c2)n1C. The molecule has 1 aromatic carbocycles. The van der Waals surface area contributed by atoms with Crippen LogP contribution in [0.3, 0.4) is 0 Å². The molecular formula is C13H16ClN3. The summed E-state index contributed by atoms with van der Waals surface area (Å²) in [7, 11) is 1.99. The molecule has 0 saturated carbocycles. The van der Waals surface area contributed by atoms with Crippen LogP contribution >= 0.6 is 11.6 Å². The van der Waals surface area contributed by atoms with E-state index in [2.05, 4.69) is 4.98 Å². The molecule has 1 atom stereocenters. The van der Waals surface area contributed by atoms with Crippen molar-refractivity contribution in [2.45, 2.75) is 19.4 Å². The van der Waals surface area contributed by atoms with Gasteiger partial charge in [-0.25, -0.2) is 4.98 Å². The molecule has 2 N–H and O–H groups in total. The Kier molecular flexibility index (Phi) is 3.50. The number of hydrogen-bond donors (Lipinski definition) is 1. The summed E-state index contributed by atoms with van der Waals surface area (Å²) in [4.78, 5) is 4.40. The van der Waals surface area contributed by atoms with Crippen LogP contribution in [0.25, 0.3) is 0 Å². The van der Waals surface area contributed by atoms with Gasteiger partial charge in [-0.15, -0.1) is 0 Å². The molecule has 0 aliphatic rings. The van der Waals surface area contributed by atoms with Gasteiger partial charge in [0, 0.05) is 24.5 Å². The normalized spacial score (nSPS) is 12.7. The summed E-state index contributed by atoms with van der Waals surface area (Å²) in [5, 5.41) is 0.754. The fourth-order valence-corrected chi connectivity index (χ4v) is 2.09. The quantitative estimate of drug-likeness (QED) is 0.909. The fourth-order valence-electron chi connectivity index (χ4n) is 1.88. The van der Waals surface area contributed by atoms with Gasteiger partial charge in [0.15, 0.2) is 0 Å². The van der Waals surface area contributed by atoms with Gasteiger partial charge in [0.1, 0.15) is 5.82 Å². The number of hydrogen-bond acceptors (Lipinski definition) is 2. The number of benzene rings is 1. The Balaban J connectivity index is 2.25. The maximum Gasteiger partial charge on any atom is 0.113 e. The molecule has 0 amide bonds. The largest absolute Gasteiger partial charge is 0.333 e. The van der Waals surface area contributed by atoms with Crippen molar-refractivity contribution in [3.8, 4) is 0 Å². The highest BCUT2D eigenvalue weighted by atomic mass is 35.5. The topological polar surface area (TPSA) is 43.8 Å². The zero-order valence-electron chi connectivity index (χ0n) is 10.0. The summed E-state index contributed by atoms with van der Waals surface area (Å²) in [6, 6.07) is 7.83. The van der Waals surface area contributed by atoms with Crippen LogP contribution in [0.1, 0.15) is 30.0 Å². The lowest BCUT2D eigenvalue weighted by molar-refractivity contribution is 0.693. The molecule has 1 unspecified atom stereocenters. The van der Waals surface area contributed by atoms with Crippen LogP contribution in [-0.4, -0.2) is 9.55 Å². The molecule has 2 rings (SSSR count). The molecular weight excluding hydrogens is 234 g/mol. The smallest absolute Gasteiger partial charge is 0.113 e. The molecule has 3 nitrogen and oxygen atoms in total. The highest BCUT2D eigenvalue weighted by Crippen LogP contribution is 2.16. The number of nitrogens with zero attached hydrogens (tertiary/aromatic N) is 2. The summed E-state index contributed by atoms with van der Waals surface area (Å²) in [5.41, 5.74) is 8.06. The number of rotatable bonds is 3. The summed E-state index contributed by atoms with van der Waals surface area (Å²) in [5.74, 6) is 1.000. The Morgan fingerprint density at radius 3 is 2.82 bits per heavy atom. The number of aromatic nitrogens is 2. The molecule has 17 heavy (non-hydrogen) atoms.